The van der Waals surface area contributed by atoms with E-state index in [4.69, 9.17) is 34.8 Å². The molecule has 1 amide bonds. The van der Waals surface area contributed by atoms with Gasteiger partial charge in [-0.1, -0.05) is 53.0 Å². The second kappa shape index (κ2) is 10.3. The predicted molar refractivity (Wildman–Crippen MR) is 137 cm³/mol. The van der Waals surface area contributed by atoms with Crippen molar-refractivity contribution in [1.82, 2.24) is 14.5 Å². The first-order chi connectivity index (χ1) is 17.1. The minimum atomic E-state index is -1.26. The lowest BCUT2D eigenvalue weighted by molar-refractivity contribution is -0.139. The van der Waals surface area contributed by atoms with Crippen LogP contribution in [0.1, 0.15) is 22.3 Å². The highest BCUT2D eigenvalue weighted by atomic mass is 35.5. The number of halogens is 4. The number of fused-ring (bicyclic) bond motifs is 1. The Hall–Kier alpha value is -3.33. The zero-order chi connectivity index (χ0) is 26.1. The van der Waals surface area contributed by atoms with Gasteiger partial charge in [0.2, 0.25) is 0 Å². The molecule has 0 saturated heterocycles. The van der Waals surface area contributed by atoms with E-state index in [2.05, 4.69) is 5.32 Å². The molecule has 3 aromatic carbocycles. The fourth-order valence-electron chi connectivity index (χ4n) is 3.90. The highest BCUT2D eigenvalue weighted by Crippen LogP contribution is 2.28. The van der Waals surface area contributed by atoms with Crippen LogP contribution in [0.15, 0.2) is 59.4 Å². The predicted octanol–water partition coefficient (Wildman–Crippen LogP) is 5.24. The number of nitrogens with one attached hydrogen (secondary N) is 1. The number of carbonyl (C=O) groups is 2. The number of hydrogen-bond acceptors (Lipinski definition) is 3. The molecule has 1 heterocycles. The van der Waals surface area contributed by atoms with E-state index in [9.17, 15) is 23.9 Å². The molecule has 0 spiro atoms. The first-order valence-electron chi connectivity index (χ1n) is 10.7. The molecule has 0 aliphatic heterocycles. The molecule has 11 heteroatoms. The van der Waals surface area contributed by atoms with Crippen LogP contribution in [0.4, 0.5) is 4.39 Å². The zero-order valence-electron chi connectivity index (χ0n) is 18.8. The molecule has 36 heavy (non-hydrogen) atoms. The molecule has 1 atom stereocenters. The fourth-order valence-corrected chi connectivity index (χ4v) is 4.47. The van der Waals surface area contributed by atoms with Crippen molar-refractivity contribution in [3.63, 3.8) is 0 Å². The number of imidazole rings is 1. The second-order valence-electron chi connectivity index (χ2n) is 8.10. The van der Waals surface area contributed by atoms with Crippen LogP contribution >= 0.6 is 34.8 Å². The number of carboxylic acids is 1. The Kier molecular flexibility index (Phi) is 7.40. The van der Waals surface area contributed by atoms with Crippen LogP contribution in [0.25, 0.3) is 16.7 Å². The lowest BCUT2D eigenvalue weighted by Crippen LogP contribution is -2.41. The van der Waals surface area contributed by atoms with Crippen molar-refractivity contribution < 1.29 is 19.1 Å². The van der Waals surface area contributed by atoms with Gasteiger partial charge in [-0.05, 0) is 54.8 Å². The molecule has 2 N–H and O–H groups in total. The summed E-state index contributed by atoms with van der Waals surface area (Å²) in [4.78, 5) is 37.0. The summed E-state index contributed by atoms with van der Waals surface area (Å²) >= 11 is 18.2. The molecule has 0 aliphatic carbocycles. The summed E-state index contributed by atoms with van der Waals surface area (Å²) in [6.07, 6.45) is 0.350. The summed E-state index contributed by atoms with van der Waals surface area (Å²) in [6.45, 7) is 0. The summed E-state index contributed by atoms with van der Waals surface area (Å²) in [5, 5.41) is 12.4. The van der Waals surface area contributed by atoms with Gasteiger partial charge in [-0.3, -0.25) is 13.9 Å². The largest absolute Gasteiger partial charge is 0.480 e. The second-order valence-corrected chi connectivity index (χ2v) is 9.32. The van der Waals surface area contributed by atoms with Gasteiger partial charge in [0.25, 0.3) is 5.91 Å². The van der Waals surface area contributed by atoms with Gasteiger partial charge in [-0.2, -0.15) is 0 Å². The molecule has 1 aromatic heterocycles. The van der Waals surface area contributed by atoms with Crippen LogP contribution in [0.3, 0.4) is 0 Å². The standard InChI is InChI=1S/C25H19Cl3FN3O4/c1-31-20-11-16(27)17(28)12-21(20)32(25(31)36)14-8-5-13(6-9-14)7-10-19(24(34)35)30-23(33)22-15(26)3-2-4-18(22)29/h2-6,8-9,11-12,19H,7,10H2,1H3,(H,30,33)(H,34,35)/t19-/m0/s1. The van der Waals surface area contributed by atoms with E-state index in [0.717, 1.165) is 11.6 Å². The summed E-state index contributed by atoms with van der Waals surface area (Å²) in [5.41, 5.74) is 1.88. The van der Waals surface area contributed by atoms with E-state index in [1.165, 1.54) is 21.3 Å². The number of nitrogens with zero attached hydrogens (tertiary/aromatic N) is 2. The number of hydrogen-bond donors (Lipinski definition) is 2. The summed E-state index contributed by atoms with van der Waals surface area (Å²) in [6, 6.07) is 12.7. The van der Waals surface area contributed by atoms with Gasteiger partial charge in [0.1, 0.15) is 11.9 Å². The molecule has 0 unspecified atom stereocenters. The van der Waals surface area contributed by atoms with Crippen molar-refractivity contribution in [1.29, 1.82) is 0 Å². The number of aliphatic carboxylic acids is 1. The molecule has 0 fully saturated rings. The Balaban J connectivity index is 1.52. The Labute approximate surface area is 219 Å². The van der Waals surface area contributed by atoms with Gasteiger partial charge in [-0.15, -0.1) is 0 Å². The summed E-state index contributed by atoms with van der Waals surface area (Å²) in [7, 11) is 1.63. The van der Waals surface area contributed by atoms with Crippen molar-refractivity contribution in [2.75, 3.05) is 0 Å². The molecular formula is C25H19Cl3FN3O4. The van der Waals surface area contributed by atoms with Crippen LogP contribution in [-0.4, -0.2) is 32.2 Å². The topological polar surface area (TPSA) is 93.3 Å². The van der Waals surface area contributed by atoms with E-state index in [1.54, 1.807) is 43.4 Å². The van der Waals surface area contributed by atoms with E-state index in [1.807, 2.05) is 0 Å². The van der Waals surface area contributed by atoms with Crippen LogP contribution in [-0.2, 0) is 18.3 Å². The zero-order valence-corrected chi connectivity index (χ0v) is 21.0. The summed E-state index contributed by atoms with van der Waals surface area (Å²) in [5.74, 6) is -3.01. The van der Waals surface area contributed by atoms with Crippen LogP contribution < -0.4 is 11.0 Å². The normalized spacial score (nSPS) is 12.0. The van der Waals surface area contributed by atoms with Gasteiger partial charge < -0.3 is 10.4 Å². The monoisotopic (exact) mass is 549 g/mol. The maximum Gasteiger partial charge on any atom is 0.333 e. The SMILES string of the molecule is Cn1c(=O)n(-c2ccc(CC[C@H](NC(=O)c3c(F)cccc3Cl)C(=O)O)cc2)c2cc(Cl)c(Cl)cc21. The van der Waals surface area contributed by atoms with E-state index >= 15 is 0 Å². The van der Waals surface area contributed by atoms with Crippen LogP contribution in [0, 0.1) is 5.82 Å². The Morgan fingerprint density at radius 2 is 1.64 bits per heavy atom. The highest BCUT2D eigenvalue weighted by Gasteiger charge is 2.24. The maximum absolute atomic E-state index is 14.0. The van der Waals surface area contributed by atoms with Crippen LogP contribution in [0.2, 0.25) is 15.1 Å². The molecule has 0 bridgehead atoms. The minimum absolute atomic E-state index is 0.0504. The van der Waals surface area contributed by atoms with Crippen molar-refractivity contribution in [2.45, 2.75) is 18.9 Å². The third-order valence-electron chi connectivity index (χ3n) is 5.81. The van der Waals surface area contributed by atoms with E-state index in [0.29, 0.717) is 33.2 Å². The van der Waals surface area contributed by atoms with Gasteiger partial charge >= 0.3 is 11.7 Å². The van der Waals surface area contributed by atoms with Crippen molar-refractivity contribution >= 4 is 57.7 Å². The third kappa shape index (κ3) is 4.97. The van der Waals surface area contributed by atoms with Crippen molar-refractivity contribution in [3.8, 4) is 5.69 Å². The molecular weight excluding hydrogens is 532 g/mol. The lowest BCUT2D eigenvalue weighted by atomic mass is 10.0. The number of carboxylic acid groups (broad SMARTS) is 1. The van der Waals surface area contributed by atoms with Crippen molar-refractivity contribution in [2.24, 2.45) is 7.05 Å². The Morgan fingerprint density at radius 1 is 1.00 bits per heavy atom. The number of amides is 1. The van der Waals surface area contributed by atoms with Gasteiger partial charge in [-0.25, -0.2) is 14.0 Å². The lowest BCUT2D eigenvalue weighted by Gasteiger charge is -2.15. The van der Waals surface area contributed by atoms with E-state index < -0.39 is 29.3 Å². The van der Waals surface area contributed by atoms with Gasteiger partial charge in [0, 0.05) is 7.05 Å². The average molecular weight is 551 g/mol. The number of aromatic nitrogens is 2. The fraction of sp³-hybridized carbons (Fsp3) is 0.160. The molecule has 7 nitrogen and oxygen atoms in total. The quantitative estimate of drug-likeness (QED) is 0.329. The molecule has 0 aliphatic rings. The molecule has 4 rings (SSSR count). The number of benzene rings is 3. The molecule has 0 saturated carbocycles. The first-order valence-corrected chi connectivity index (χ1v) is 11.9. The first kappa shape index (κ1) is 25.8. The average Bonchev–Trinajstić information content (AvgIpc) is 3.06. The third-order valence-corrected chi connectivity index (χ3v) is 6.84. The van der Waals surface area contributed by atoms with Gasteiger partial charge in [0.15, 0.2) is 0 Å². The number of aryl methyl sites for hydroxylation is 2. The van der Waals surface area contributed by atoms with Gasteiger partial charge in [0.05, 0.1) is 37.4 Å². The molecule has 0 radical (unpaired) electrons. The summed E-state index contributed by atoms with van der Waals surface area (Å²) < 4.78 is 17.0. The smallest absolute Gasteiger partial charge is 0.333 e. The number of carbonyl (C=O) groups excluding carboxylic acids is 1. The minimum Gasteiger partial charge on any atom is -0.480 e. The van der Waals surface area contributed by atoms with Crippen molar-refractivity contribution in [3.05, 3.63) is 97.1 Å². The number of rotatable bonds is 7. The Morgan fingerprint density at radius 3 is 2.25 bits per heavy atom. The molecule has 186 valence electrons. The van der Waals surface area contributed by atoms with E-state index in [-0.39, 0.29) is 17.1 Å². The molecule has 4 aromatic rings. The maximum atomic E-state index is 14.0. The highest BCUT2D eigenvalue weighted by molar-refractivity contribution is 6.42. The van der Waals surface area contributed by atoms with Crippen LogP contribution in [0.5, 0.6) is 0 Å². The Bertz CT molecular complexity index is 1530.